The number of fused-ring (bicyclic) bond motifs is 5. The molecule has 0 spiro atoms. The van der Waals surface area contributed by atoms with Crippen LogP contribution in [0.25, 0.3) is 0 Å². The molecule has 5 fully saturated rings. The minimum atomic E-state index is -3.16. The van der Waals surface area contributed by atoms with Gasteiger partial charge in [0, 0.05) is 38.7 Å². The van der Waals surface area contributed by atoms with Crippen LogP contribution < -0.4 is 0 Å². The summed E-state index contributed by atoms with van der Waals surface area (Å²) < 4.78 is 25.2. The first-order chi connectivity index (χ1) is 16.9. The van der Waals surface area contributed by atoms with Crippen LogP contribution in [0.2, 0.25) is 0 Å². The molecule has 8 heteroatoms. The van der Waals surface area contributed by atoms with Crippen molar-refractivity contribution in [1.29, 1.82) is 0 Å². The van der Waals surface area contributed by atoms with E-state index in [1.165, 1.54) is 17.0 Å². The smallest absolute Gasteiger partial charge is 0.211 e. The molecule has 0 aromatic rings. The Kier molecular flexibility index (Phi) is 7.20. The Hall–Kier alpha value is -0.540. The highest BCUT2D eigenvalue weighted by Gasteiger charge is 2.62. The Morgan fingerprint density at radius 3 is 2.33 bits per heavy atom. The summed E-state index contributed by atoms with van der Waals surface area (Å²) in [7, 11) is -3.16. The maximum absolute atomic E-state index is 13.6. The molecule has 1 aliphatic heterocycles. The minimum absolute atomic E-state index is 0.0558. The number of aliphatic hydroxyl groups excluding tert-OH is 1. The van der Waals surface area contributed by atoms with E-state index in [2.05, 4.69) is 11.8 Å². The Bertz CT molecular complexity index is 946. The maximum Gasteiger partial charge on any atom is 0.211 e. The van der Waals surface area contributed by atoms with Crippen molar-refractivity contribution in [2.45, 2.75) is 83.7 Å². The van der Waals surface area contributed by atoms with E-state index in [4.69, 9.17) is 0 Å². The van der Waals surface area contributed by atoms with Crippen molar-refractivity contribution in [3.05, 3.63) is 0 Å². The molecule has 0 bridgehead atoms. The number of sulfonamides is 1. The molecule has 5 rings (SSSR count). The number of aliphatic hydroxyl groups is 2. The lowest BCUT2D eigenvalue weighted by molar-refractivity contribution is -0.163. The van der Waals surface area contributed by atoms with Gasteiger partial charge < -0.3 is 10.2 Å². The fourth-order valence-electron chi connectivity index (χ4n) is 10.0. The third-order valence-corrected chi connectivity index (χ3v) is 13.1. The molecular weight excluding hydrogens is 476 g/mol. The summed E-state index contributed by atoms with van der Waals surface area (Å²) in [4.78, 5) is 15.8. The van der Waals surface area contributed by atoms with Crippen molar-refractivity contribution in [3.8, 4) is 0 Å². The number of carbonyl (C=O) groups is 1. The molecule has 7 nitrogen and oxygen atoms in total. The largest absolute Gasteiger partial charge is 0.396 e. The van der Waals surface area contributed by atoms with Gasteiger partial charge in [0.1, 0.15) is 5.78 Å². The second-order valence-corrected chi connectivity index (χ2v) is 15.6. The Morgan fingerprint density at radius 1 is 0.944 bits per heavy atom. The monoisotopic (exact) mass is 524 g/mol. The van der Waals surface area contributed by atoms with E-state index in [1.807, 2.05) is 6.92 Å². The van der Waals surface area contributed by atoms with Gasteiger partial charge in [-0.05, 0) is 106 Å². The van der Waals surface area contributed by atoms with Gasteiger partial charge in [0.2, 0.25) is 10.0 Å². The first-order valence-corrected chi connectivity index (χ1v) is 16.3. The quantitative estimate of drug-likeness (QED) is 0.555. The summed E-state index contributed by atoms with van der Waals surface area (Å²) in [6, 6.07) is 0. The molecule has 4 aliphatic carbocycles. The molecule has 0 radical (unpaired) electrons. The lowest BCUT2D eigenvalue weighted by Gasteiger charge is -2.63. The van der Waals surface area contributed by atoms with E-state index < -0.39 is 15.6 Å². The molecule has 8 atom stereocenters. The molecule has 36 heavy (non-hydrogen) atoms. The number of hydrogen-bond donors (Lipinski definition) is 2. The molecular formula is C28H48N2O5S. The van der Waals surface area contributed by atoms with E-state index in [-0.39, 0.29) is 23.4 Å². The van der Waals surface area contributed by atoms with Crippen LogP contribution in [-0.4, -0.2) is 84.8 Å². The number of Topliss-reactive ketones (excluding diaryl/α,β-unsaturated/α-hetero) is 1. The van der Waals surface area contributed by atoms with Crippen LogP contribution >= 0.6 is 0 Å². The highest BCUT2D eigenvalue weighted by molar-refractivity contribution is 7.88. The Morgan fingerprint density at radius 2 is 1.67 bits per heavy atom. The van der Waals surface area contributed by atoms with Crippen LogP contribution in [0.4, 0.5) is 0 Å². The first kappa shape index (κ1) is 27.0. The van der Waals surface area contributed by atoms with E-state index >= 15 is 0 Å². The molecule has 0 unspecified atom stereocenters. The van der Waals surface area contributed by atoms with Crippen molar-refractivity contribution < 1.29 is 23.4 Å². The van der Waals surface area contributed by atoms with Crippen LogP contribution in [0.3, 0.4) is 0 Å². The topological polar surface area (TPSA) is 98.2 Å². The van der Waals surface area contributed by atoms with Gasteiger partial charge >= 0.3 is 0 Å². The summed E-state index contributed by atoms with van der Waals surface area (Å²) in [6.45, 7) is 7.27. The average molecular weight is 525 g/mol. The molecule has 206 valence electrons. The maximum atomic E-state index is 13.6. The van der Waals surface area contributed by atoms with Gasteiger partial charge in [-0.25, -0.2) is 8.42 Å². The van der Waals surface area contributed by atoms with Crippen molar-refractivity contribution in [3.63, 3.8) is 0 Å². The number of hydrogen-bond acceptors (Lipinski definition) is 6. The number of carbonyl (C=O) groups excluding carboxylic acids is 1. The molecule has 2 N–H and O–H groups in total. The van der Waals surface area contributed by atoms with Crippen molar-refractivity contribution >= 4 is 15.8 Å². The lowest BCUT2D eigenvalue weighted by Crippen LogP contribution is -2.57. The number of ketones is 1. The predicted octanol–water partition coefficient (Wildman–Crippen LogP) is 2.91. The highest BCUT2D eigenvalue weighted by Crippen LogP contribution is 2.69. The van der Waals surface area contributed by atoms with E-state index in [9.17, 15) is 23.4 Å². The summed E-state index contributed by atoms with van der Waals surface area (Å²) in [5, 5.41) is 20.9. The molecule has 1 heterocycles. The summed E-state index contributed by atoms with van der Waals surface area (Å²) in [5.41, 5.74) is -0.361. The van der Waals surface area contributed by atoms with Crippen LogP contribution in [0.1, 0.15) is 78.1 Å². The van der Waals surface area contributed by atoms with Crippen LogP contribution in [0, 0.1) is 40.4 Å². The molecule has 5 aliphatic rings. The van der Waals surface area contributed by atoms with Gasteiger partial charge in [0.15, 0.2) is 0 Å². The van der Waals surface area contributed by atoms with E-state index in [0.717, 1.165) is 57.8 Å². The Balaban J connectivity index is 1.28. The van der Waals surface area contributed by atoms with Gasteiger partial charge in [-0.15, -0.1) is 0 Å². The summed E-state index contributed by atoms with van der Waals surface area (Å²) in [6.07, 6.45) is 11.6. The van der Waals surface area contributed by atoms with Gasteiger partial charge in [0.05, 0.1) is 18.4 Å². The first-order valence-electron chi connectivity index (χ1n) is 14.4. The number of rotatable bonds is 6. The predicted molar refractivity (Wildman–Crippen MR) is 140 cm³/mol. The lowest BCUT2D eigenvalue weighted by atomic mass is 9.42. The highest BCUT2D eigenvalue weighted by atomic mass is 32.2. The summed E-state index contributed by atoms with van der Waals surface area (Å²) in [5.74, 6) is 2.78. The van der Waals surface area contributed by atoms with Gasteiger partial charge in [-0.3, -0.25) is 9.69 Å². The molecule has 0 amide bonds. The second kappa shape index (κ2) is 9.58. The van der Waals surface area contributed by atoms with E-state index in [1.54, 1.807) is 0 Å². The molecule has 4 saturated carbocycles. The molecule has 1 saturated heterocycles. The fourth-order valence-corrected chi connectivity index (χ4v) is 10.8. The fraction of sp³-hybridized carbons (Fsp3) is 0.964. The minimum Gasteiger partial charge on any atom is -0.396 e. The van der Waals surface area contributed by atoms with Crippen molar-refractivity contribution in [2.75, 3.05) is 45.6 Å². The normalized spacial score (nSPS) is 46.1. The zero-order valence-electron chi connectivity index (χ0n) is 22.6. The van der Waals surface area contributed by atoms with Crippen LogP contribution in [0.5, 0.6) is 0 Å². The van der Waals surface area contributed by atoms with Gasteiger partial charge in [-0.2, -0.15) is 4.31 Å². The zero-order chi connectivity index (χ0) is 25.9. The van der Waals surface area contributed by atoms with Crippen LogP contribution in [0.15, 0.2) is 0 Å². The molecule has 0 aromatic heterocycles. The number of piperazine rings is 1. The van der Waals surface area contributed by atoms with Gasteiger partial charge in [-0.1, -0.05) is 6.92 Å². The standard InChI is InChI=1S/C28H48N2O5S/c1-26(33)10-11-28(12-17-31)20(18-26)4-5-21-22-6-7-24(27(22,2)9-8-23(21)28)25(32)19-29-13-15-30(16-14-29)36(3,34)35/h20-24,31,33H,4-19H2,1-3H3/t20-,21-,22-,23-,24+,26+,27-,28+/m0/s1. The third kappa shape index (κ3) is 4.61. The zero-order valence-corrected chi connectivity index (χ0v) is 23.4. The second-order valence-electron chi connectivity index (χ2n) is 13.6. The van der Waals surface area contributed by atoms with Crippen molar-refractivity contribution in [1.82, 2.24) is 9.21 Å². The average Bonchev–Trinajstić information content (AvgIpc) is 3.16. The van der Waals surface area contributed by atoms with Crippen molar-refractivity contribution in [2.24, 2.45) is 40.4 Å². The Labute approximate surface area is 218 Å². The SMILES string of the molecule is C[C@@]1(O)CC[C@@]2(CCO)[C@@H](CC[C@H]3[C@@H]4CC[C@H](C(=O)CN5CCN(S(C)(=O)=O)CC5)[C@@]4(C)CC[C@@H]32)C1. The van der Waals surface area contributed by atoms with E-state index in [0.29, 0.717) is 62.2 Å². The van der Waals surface area contributed by atoms with Gasteiger partial charge in [0.25, 0.3) is 0 Å². The van der Waals surface area contributed by atoms with Crippen LogP contribution in [-0.2, 0) is 14.8 Å². The third-order valence-electron chi connectivity index (χ3n) is 11.8. The molecule has 0 aromatic carbocycles. The summed E-state index contributed by atoms with van der Waals surface area (Å²) >= 11 is 0. The number of nitrogens with zero attached hydrogens (tertiary/aromatic N) is 2.